The number of methoxy groups -OCH3 is 1. The topological polar surface area (TPSA) is 46.6 Å². The third kappa shape index (κ3) is 3.20. The maximum atomic E-state index is 11.9. The first-order chi connectivity index (χ1) is 7.60. The van der Waals surface area contributed by atoms with Gasteiger partial charge in [0.1, 0.15) is 0 Å². The smallest absolute Gasteiger partial charge is 0.310 e. The number of hydrogen-bond donors (Lipinski definition) is 0. The molecule has 0 N–H and O–H groups in total. The first-order valence-corrected chi connectivity index (χ1v) is 6.52. The van der Waals surface area contributed by atoms with E-state index in [1.165, 1.54) is 7.11 Å². The van der Waals surface area contributed by atoms with Crippen LogP contribution in [-0.4, -0.2) is 41.8 Å². The molecule has 1 saturated heterocycles. The Labute approximate surface area is 104 Å². The molecule has 0 spiro atoms. The SMILES string of the molecule is CCC(Br)C(=O)N1CCCC(C(=O)OC)C1. The molecule has 5 heteroatoms. The quantitative estimate of drug-likeness (QED) is 0.586. The van der Waals surface area contributed by atoms with E-state index >= 15 is 0 Å². The summed E-state index contributed by atoms with van der Waals surface area (Å²) in [7, 11) is 1.39. The van der Waals surface area contributed by atoms with Crippen molar-refractivity contribution < 1.29 is 14.3 Å². The molecule has 1 amide bonds. The Morgan fingerprint density at radius 1 is 1.56 bits per heavy atom. The highest BCUT2D eigenvalue weighted by atomic mass is 79.9. The first kappa shape index (κ1) is 13.5. The van der Waals surface area contributed by atoms with Gasteiger partial charge in [-0.2, -0.15) is 0 Å². The van der Waals surface area contributed by atoms with Crippen molar-refractivity contribution in [2.45, 2.75) is 31.0 Å². The lowest BCUT2D eigenvalue weighted by Crippen LogP contribution is -2.45. The minimum absolute atomic E-state index is 0.0797. The number of alkyl halides is 1. The lowest BCUT2D eigenvalue weighted by atomic mass is 9.98. The van der Waals surface area contributed by atoms with Gasteiger partial charge in [0, 0.05) is 13.1 Å². The van der Waals surface area contributed by atoms with Crippen LogP contribution in [0.3, 0.4) is 0 Å². The van der Waals surface area contributed by atoms with Crippen LogP contribution in [0.2, 0.25) is 0 Å². The van der Waals surface area contributed by atoms with Gasteiger partial charge in [-0.25, -0.2) is 0 Å². The van der Waals surface area contributed by atoms with E-state index in [0.717, 1.165) is 25.8 Å². The summed E-state index contributed by atoms with van der Waals surface area (Å²) in [6, 6.07) is 0. The zero-order valence-electron chi connectivity index (χ0n) is 9.74. The van der Waals surface area contributed by atoms with Crippen molar-refractivity contribution in [2.24, 2.45) is 5.92 Å². The third-order valence-electron chi connectivity index (χ3n) is 2.89. The first-order valence-electron chi connectivity index (χ1n) is 5.60. The van der Waals surface area contributed by atoms with E-state index in [-0.39, 0.29) is 22.6 Å². The number of piperidine rings is 1. The molecule has 0 aliphatic carbocycles. The molecule has 0 radical (unpaired) electrons. The highest BCUT2D eigenvalue weighted by molar-refractivity contribution is 9.10. The Morgan fingerprint density at radius 3 is 2.81 bits per heavy atom. The minimum atomic E-state index is -0.208. The van der Waals surface area contributed by atoms with Crippen LogP contribution in [0, 0.1) is 5.92 Å². The van der Waals surface area contributed by atoms with Gasteiger partial charge < -0.3 is 9.64 Å². The van der Waals surface area contributed by atoms with Crippen molar-refractivity contribution in [3.05, 3.63) is 0 Å². The summed E-state index contributed by atoms with van der Waals surface area (Å²) in [5, 5.41) is 0. The molecule has 0 bridgehead atoms. The van der Waals surface area contributed by atoms with Gasteiger partial charge in [-0.3, -0.25) is 9.59 Å². The van der Waals surface area contributed by atoms with Crippen LogP contribution in [0.25, 0.3) is 0 Å². The number of likely N-dealkylation sites (tertiary alicyclic amines) is 1. The van der Waals surface area contributed by atoms with Crippen molar-refractivity contribution in [1.82, 2.24) is 4.90 Å². The number of nitrogens with zero attached hydrogens (tertiary/aromatic N) is 1. The zero-order chi connectivity index (χ0) is 12.1. The molecule has 2 unspecified atom stereocenters. The second-order valence-corrected chi connectivity index (χ2v) is 5.13. The Morgan fingerprint density at radius 2 is 2.25 bits per heavy atom. The predicted octanol–water partition coefficient (Wildman–Crippen LogP) is 1.57. The summed E-state index contributed by atoms with van der Waals surface area (Å²) in [4.78, 5) is 24.9. The van der Waals surface area contributed by atoms with Crippen LogP contribution in [0.1, 0.15) is 26.2 Å². The van der Waals surface area contributed by atoms with Crippen LogP contribution in [0.5, 0.6) is 0 Å². The predicted molar refractivity (Wildman–Crippen MR) is 64.3 cm³/mol. The van der Waals surface area contributed by atoms with Crippen LogP contribution >= 0.6 is 15.9 Å². The summed E-state index contributed by atoms with van der Waals surface area (Å²) >= 11 is 3.34. The van der Waals surface area contributed by atoms with Gasteiger partial charge in [-0.05, 0) is 19.3 Å². The number of ether oxygens (including phenoxy) is 1. The van der Waals surface area contributed by atoms with Gasteiger partial charge in [-0.1, -0.05) is 22.9 Å². The minimum Gasteiger partial charge on any atom is -0.469 e. The molecular weight excluding hydrogens is 274 g/mol. The zero-order valence-corrected chi connectivity index (χ0v) is 11.3. The number of carbonyl (C=O) groups is 2. The van der Waals surface area contributed by atoms with E-state index in [4.69, 9.17) is 4.74 Å². The van der Waals surface area contributed by atoms with Gasteiger partial charge in [0.25, 0.3) is 0 Å². The molecule has 1 aliphatic rings. The van der Waals surface area contributed by atoms with Crippen molar-refractivity contribution in [2.75, 3.05) is 20.2 Å². The molecule has 92 valence electrons. The van der Waals surface area contributed by atoms with Crippen molar-refractivity contribution >= 4 is 27.8 Å². The van der Waals surface area contributed by atoms with E-state index in [9.17, 15) is 9.59 Å². The molecule has 16 heavy (non-hydrogen) atoms. The number of hydrogen-bond acceptors (Lipinski definition) is 3. The Bertz CT molecular complexity index is 270. The van der Waals surface area contributed by atoms with Gasteiger partial charge in [-0.15, -0.1) is 0 Å². The maximum absolute atomic E-state index is 11.9. The number of amides is 1. The molecule has 4 nitrogen and oxygen atoms in total. The molecule has 1 aliphatic heterocycles. The van der Waals surface area contributed by atoms with Gasteiger partial charge >= 0.3 is 5.97 Å². The fraction of sp³-hybridized carbons (Fsp3) is 0.818. The molecule has 0 aromatic carbocycles. The lowest BCUT2D eigenvalue weighted by molar-refractivity contribution is -0.148. The van der Waals surface area contributed by atoms with Crippen molar-refractivity contribution in [3.63, 3.8) is 0 Å². The van der Waals surface area contributed by atoms with Crippen molar-refractivity contribution in [3.8, 4) is 0 Å². The normalized spacial score (nSPS) is 22.7. The lowest BCUT2D eigenvalue weighted by Gasteiger charge is -2.32. The largest absolute Gasteiger partial charge is 0.469 e. The highest BCUT2D eigenvalue weighted by Crippen LogP contribution is 2.20. The average Bonchev–Trinajstić information content (AvgIpc) is 2.36. The fourth-order valence-electron chi connectivity index (χ4n) is 1.91. The average molecular weight is 292 g/mol. The van der Waals surface area contributed by atoms with Crippen LogP contribution in [-0.2, 0) is 14.3 Å². The third-order valence-corrected chi connectivity index (χ3v) is 3.93. The summed E-state index contributed by atoms with van der Waals surface area (Å²) in [5.74, 6) is -0.282. The molecule has 1 rings (SSSR count). The molecule has 1 fully saturated rings. The van der Waals surface area contributed by atoms with Gasteiger partial charge in [0.2, 0.25) is 5.91 Å². The van der Waals surface area contributed by atoms with E-state index < -0.39 is 0 Å². The summed E-state index contributed by atoms with van der Waals surface area (Å²) in [5.41, 5.74) is 0. The van der Waals surface area contributed by atoms with E-state index in [1.54, 1.807) is 4.90 Å². The highest BCUT2D eigenvalue weighted by Gasteiger charge is 2.30. The van der Waals surface area contributed by atoms with Gasteiger partial charge in [0.15, 0.2) is 0 Å². The van der Waals surface area contributed by atoms with E-state index in [2.05, 4.69) is 15.9 Å². The van der Waals surface area contributed by atoms with Crippen LogP contribution in [0.15, 0.2) is 0 Å². The standard InChI is InChI=1S/C11H18BrNO3/c1-3-9(12)10(14)13-6-4-5-8(7-13)11(15)16-2/h8-9H,3-7H2,1-2H3. The Hall–Kier alpha value is -0.580. The summed E-state index contributed by atoms with van der Waals surface area (Å²) in [6.07, 6.45) is 2.45. The molecule has 0 saturated carbocycles. The fourth-order valence-corrected chi connectivity index (χ4v) is 2.20. The van der Waals surface area contributed by atoms with E-state index in [0.29, 0.717) is 6.54 Å². The van der Waals surface area contributed by atoms with E-state index in [1.807, 2.05) is 6.92 Å². The second-order valence-electron chi connectivity index (χ2n) is 4.02. The number of carbonyl (C=O) groups excluding carboxylic acids is 2. The summed E-state index contributed by atoms with van der Waals surface area (Å²) < 4.78 is 4.72. The monoisotopic (exact) mass is 291 g/mol. The molecule has 0 aromatic rings. The molecule has 1 heterocycles. The summed E-state index contributed by atoms with van der Waals surface area (Å²) in [6.45, 7) is 3.20. The number of rotatable bonds is 3. The van der Waals surface area contributed by atoms with Gasteiger partial charge in [0.05, 0.1) is 17.9 Å². The Kier molecular flexibility index (Phi) is 5.25. The van der Waals surface area contributed by atoms with Crippen molar-refractivity contribution in [1.29, 1.82) is 0 Å². The molecule has 2 atom stereocenters. The van der Waals surface area contributed by atoms with Crippen LogP contribution < -0.4 is 0 Å². The number of esters is 1. The second kappa shape index (κ2) is 6.23. The van der Waals surface area contributed by atoms with Crippen LogP contribution in [0.4, 0.5) is 0 Å². The number of halogens is 1. The molecular formula is C11H18BrNO3. The molecule has 0 aromatic heterocycles. The maximum Gasteiger partial charge on any atom is 0.310 e. The Balaban J connectivity index is 2.56.